The lowest BCUT2D eigenvalue weighted by Crippen LogP contribution is -2.46. The number of methoxy groups -OCH3 is 1. The van der Waals surface area contributed by atoms with E-state index >= 15 is 0 Å². The molecule has 26 heavy (non-hydrogen) atoms. The Labute approximate surface area is 153 Å². The minimum absolute atomic E-state index is 0.00389. The lowest BCUT2D eigenvalue weighted by atomic mass is 9.97. The average molecular weight is 355 g/mol. The molecule has 2 aromatic rings. The molecule has 0 unspecified atom stereocenters. The first-order chi connectivity index (χ1) is 12.7. The number of hydrogen-bond donors (Lipinski definition) is 1. The van der Waals surface area contributed by atoms with Crippen LogP contribution in [0.1, 0.15) is 18.4 Å². The molecule has 1 N–H and O–H groups in total. The standard InChI is InChI=1S/C19H25N5O2/c1-20-19(23-12-8-16(9-13-23)18(25)26-2)21-14-15-4-6-17(7-5-15)24-11-3-10-22-24/h3-7,10-11,16H,8-9,12-14H2,1-2H3,(H,20,21). The lowest BCUT2D eigenvalue weighted by Gasteiger charge is -2.33. The van der Waals surface area contributed by atoms with Crippen molar-refractivity contribution in [3.05, 3.63) is 48.3 Å². The number of carbonyl (C=O) groups excluding carboxylic acids is 1. The highest BCUT2D eigenvalue weighted by atomic mass is 16.5. The number of likely N-dealkylation sites (tertiary alicyclic amines) is 1. The Hall–Kier alpha value is -2.83. The highest BCUT2D eigenvalue weighted by Crippen LogP contribution is 2.18. The number of ether oxygens (including phenoxy) is 1. The van der Waals surface area contributed by atoms with Gasteiger partial charge in [-0.1, -0.05) is 12.1 Å². The van der Waals surface area contributed by atoms with Crippen LogP contribution in [0.15, 0.2) is 47.7 Å². The van der Waals surface area contributed by atoms with E-state index in [0.717, 1.165) is 37.6 Å². The van der Waals surface area contributed by atoms with Crippen molar-refractivity contribution in [3.63, 3.8) is 0 Å². The van der Waals surface area contributed by atoms with Gasteiger partial charge in [0.15, 0.2) is 5.96 Å². The highest BCUT2D eigenvalue weighted by molar-refractivity contribution is 5.80. The second-order valence-corrected chi connectivity index (χ2v) is 6.30. The fraction of sp³-hybridized carbons (Fsp3) is 0.421. The van der Waals surface area contributed by atoms with Crippen molar-refractivity contribution in [2.75, 3.05) is 27.2 Å². The quantitative estimate of drug-likeness (QED) is 0.515. The van der Waals surface area contributed by atoms with Gasteiger partial charge in [0.25, 0.3) is 0 Å². The van der Waals surface area contributed by atoms with Gasteiger partial charge >= 0.3 is 5.97 Å². The van der Waals surface area contributed by atoms with Gasteiger partial charge < -0.3 is 15.0 Å². The van der Waals surface area contributed by atoms with Gasteiger partial charge in [-0.3, -0.25) is 9.79 Å². The number of esters is 1. The number of benzene rings is 1. The zero-order valence-electron chi connectivity index (χ0n) is 15.3. The third kappa shape index (κ3) is 4.22. The van der Waals surface area contributed by atoms with E-state index in [1.807, 2.05) is 16.9 Å². The summed E-state index contributed by atoms with van der Waals surface area (Å²) in [7, 11) is 3.24. The molecule has 0 aliphatic carbocycles. The topological polar surface area (TPSA) is 71.8 Å². The number of piperidine rings is 1. The largest absolute Gasteiger partial charge is 0.469 e. The maximum atomic E-state index is 11.6. The van der Waals surface area contributed by atoms with Crippen LogP contribution in [0.3, 0.4) is 0 Å². The fourth-order valence-corrected chi connectivity index (χ4v) is 3.20. The Balaban J connectivity index is 1.52. The second kappa shape index (κ2) is 8.51. The molecule has 1 aliphatic rings. The Bertz CT molecular complexity index is 732. The molecule has 0 atom stereocenters. The third-order valence-corrected chi connectivity index (χ3v) is 4.70. The molecule has 0 bridgehead atoms. The average Bonchev–Trinajstić information content (AvgIpc) is 3.23. The molecule has 138 valence electrons. The summed E-state index contributed by atoms with van der Waals surface area (Å²) in [6.45, 7) is 2.30. The summed E-state index contributed by atoms with van der Waals surface area (Å²) in [5.74, 6) is 0.763. The highest BCUT2D eigenvalue weighted by Gasteiger charge is 2.26. The fourth-order valence-electron chi connectivity index (χ4n) is 3.20. The molecular weight excluding hydrogens is 330 g/mol. The first kappa shape index (κ1) is 18.0. The predicted octanol–water partition coefficient (Wildman–Crippen LogP) is 1.83. The Morgan fingerprint density at radius 1 is 1.31 bits per heavy atom. The van der Waals surface area contributed by atoms with Gasteiger partial charge in [0.1, 0.15) is 0 Å². The number of guanidine groups is 1. The Morgan fingerprint density at radius 2 is 2.04 bits per heavy atom. The van der Waals surface area contributed by atoms with Crippen LogP contribution in [0.4, 0.5) is 0 Å². The molecular formula is C19H25N5O2. The van der Waals surface area contributed by atoms with Crippen molar-refractivity contribution in [2.24, 2.45) is 10.9 Å². The van der Waals surface area contributed by atoms with E-state index in [1.165, 1.54) is 12.7 Å². The van der Waals surface area contributed by atoms with Gasteiger partial charge in [-0.25, -0.2) is 4.68 Å². The smallest absolute Gasteiger partial charge is 0.308 e. The van der Waals surface area contributed by atoms with Crippen molar-refractivity contribution in [1.29, 1.82) is 0 Å². The summed E-state index contributed by atoms with van der Waals surface area (Å²) in [6.07, 6.45) is 5.29. The molecule has 7 heteroatoms. The van der Waals surface area contributed by atoms with Crippen molar-refractivity contribution >= 4 is 11.9 Å². The molecule has 0 spiro atoms. The first-order valence-corrected chi connectivity index (χ1v) is 8.83. The number of carbonyl (C=O) groups is 1. The van der Waals surface area contributed by atoms with Crippen LogP contribution >= 0.6 is 0 Å². The van der Waals surface area contributed by atoms with Crippen molar-refractivity contribution in [1.82, 2.24) is 20.0 Å². The number of aromatic nitrogens is 2. The molecule has 2 heterocycles. The predicted molar refractivity (Wildman–Crippen MR) is 100 cm³/mol. The van der Waals surface area contributed by atoms with Gasteiger partial charge in [0.2, 0.25) is 0 Å². The van der Waals surface area contributed by atoms with Gasteiger partial charge in [-0.2, -0.15) is 5.10 Å². The summed E-state index contributed by atoms with van der Waals surface area (Å²) in [4.78, 5) is 18.2. The van der Waals surface area contributed by atoms with Crippen molar-refractivity contribution in [3.8, 4) is 5.69 Å². The Morgan fingerprint density at radius 3 is 2.62 bits per heavy atom. The van der Waals surface area contributed by atoms with Crippen LogP contribution in [0.25, 0.3) is 5.69 Å². The van der Waals surface area contributed by atoms with Crippen LogP contribution < -0.4 is 5.32 Å². The number of nitrogens with zero attached hydrogens (tertiary/aromatic N) is 4. The molecule has 0 saturated carbocycles. The number of hydrogen-bond acceptors (Lipinski definition) is 4. The first-order valence-electron chi connectivity index (χ1n) is 8.83. The summed E-state index contributed by atoms with van der Waals surface area (Å²) in [5, 5.41) is 7.64. The van der Waals surface area contributed by atoms with Crippen LogP contribution in [0.2, 0.25) is 0 Å². The number of nitrogens with one attached hydrogen (secondary N) is 1. The van der Waals surface area contributed by atoms with Crippen molar-refractivity contribution < 1.29 is 9.53 Å². The van der Waals surface area contributed by atoms with Gasteiger partial charge in [0.05, 0.1) is 18.7 Å². The van der Waals surface area contributed by atoms with E-state index in [0.29, 0.717) is 6.54 Å². The summed E-state index contributed by atoms with van der Waals surface area (Å²) >= 11 is 0. The van der Waals surface area contributed by atoms with E-state index in [-0.39, 0.29) is 11.9 Å². The van der Waals surface area contributed by atoms with Crippen molar-refractivity contribution in [2.45, 2.75) is 19.4 Å². The van der Waals surface area contributed by atoms with Crippen LogP contribution in [0, 0.1) is 5.92 Å². The summed E-state index contributed by atoms with van der Waals surface area (Å²) in [6, 6.07) is 10.2. The normalized spacial score (nSPS) is 15.8. The zero-order chi connectivity index (χ0) is 18.4. The second-order valence-electron chi connectivity index (χ2n) is 6.30. The zero-order valence-corrected chi connectivity index (χ0v) is 15.3. The molecule has 3 rings (SSSR count). The lowest BCUT2D eigenvalue weighted by molar-refractivity contribution is -0.146. The summed E-state index contributed by atoms with van der Waals surface area (Å²) in [5.41, 5.74) is 2.21. The summed E-state index contributed by atoms with van der Waals surface area (Å²) < 4.78 is 6.68. The van der Waals surface area contributed by atoms with Gasteiger partial charge in [-0.15, -0.1) is 0 Å². The molecule has 1 fully saturated rings. The molecule has 1 aromatic carbocycles. The number of aliphatic imine (C=N–C) groups is 1. The monoisotopic (exact) mass is 355 g/mol. The SMILES string of the molecule is CN=C(NCc1ccc(-n2cccn2)cc1)N1CCC(C(=O)OC)CC1. The van der Waals surface area contributed by atoms with Crippen LogP contribution in [-0.2, 0) is 16.1 Å². The molecule has 0 radical (unpaired) electrons. The van der Waals surface area contributed by atoms with Gasteiger partial charge in [-0.05, 0) is 36.6 Å². The van der Waals surface area contributed by atoms with Gasteiger partial charge in [0, 0.05) is 39.1 Å². The number of rotatable bonds is 4. The third-order valence-electron chi connectivity index (χ3n) is 4.70. The van der Waals surface area contributed by atoms with E-state index in [1.54, 1.807) is 13.2 Å². The molecule has 1 aliphatic heterocycles. The van der Waals surface area contributed by atoms with E-state index in [4.69, 9.17) is 4.74 Å². The minimum atomic E-state index is -0.107. The van der Waals surface area contributed by atoms with E-state index in [9.17, 15) is 4.79 Å². The minimum Gasteiger partial charge on any atom is -0.469 e. The maximum Gasteiger partial charge on any atom is 0.308 e. The Kier molecular flexibility index (Phi) is 5.88. The van der Waals surface area contributed by atoms with E-state index in [2.05, 4.69) is 44.6 Å². The molecule has 0 amide bonds. The van der Waals surface area contributed by atoms with E-state index < -0.39 is 0 Å². The molecule has 1 saturated heterocycles. The van der Waals surface area contributed by atoms with Crippen LogP contribution in [-0.4, -0.2) is 53.9 Å². The molecule has 7 nitrogen and oxygen atoms in total. The maximum absolute atomic E-state index is 11.6. The van der Waals surface area contributed by atoms with Crippen LogP contribution in [0.5, 0.6) is 0 Å². The molecule has 1 aromatic heterocycles.